The number of piperidine rings is 1. The number of hydrogen-bond donors (Lipinski definition) is 1. The van der Waals surface area contributed by atoms with E-state index >= 15 is 0 Å². The molecule has 0 radical (unpaired) electrons. The summed E-state index contributed by atoms with van der Waals surface area (Å²) in [6, 6.07) is 6.80. The van der Waals surface area contributed by atoms with Gasteiger partial charge in [-0.3, -0.25) is 9.59 Å². The quantitative estimate of drug-likeness (QED) is 0.508. The molecule has 36 heavy (non-hydrogen) atoms. The van der Waals surface area contributed by atoms with Crippen LogP contribution in [0.2, 0.25) is 0 Å². The maximum absolute atomic E-state index is 13.1. The lowest BCUT2D eigenvalue weighted by Crippen LogP contribution is -2.40. The molecule has 3 aromatic rings. The highest BCUT2D eigenvalue weighted by Gasteiger charge is 2.29. The lowest BCUT2D eigenvalue weighted by Gasteiger charge is -2.33. The molecule has 3 heterocycles. The monoisotopic (exact) mass is 488 g/mol. The van der Waals surface area contributed by atoms with E-state index in [4.69, 9.17) is 4.74 Å². The summed E-state index contributed by atoms with van der Waals surface area (Å²) in [7, 11) is 3.56. The number of carbonyl (C=O) groups is 2. The van der Waals surface area contributed by atoms with Crippen molar-refractivity contribution in [2.24, 2.45) is 13.0 Å². The van der Waals surface area contributed by atoms with Crippen LogP contribution in [0.1, 0.15) is 65.2 Å². The van der Waals surface area contributed by atoms with Crippen LogP contribution >= 0.6 is 0 Å². The minimum Gasteiger partial charge on any atom is -0.496 e. The summed E-state index contributed by atoms with van der Waals surface area (Å²) in [6.45, 7) is 5.04. The fourth-order valence-corrected chi connectivity index (χ4v) is 5.10. The standard InChI is InChI=1S/C28H32N4O4/c1-17(2)28(35)32-9-7-18(8-10-32)23-15-31(3)27-25(23)26(36-4)22(14-30-27)12-24(34)19-5-6-20(16-33)21(11-19)13-29/h5-6,11,14-15,17-18,33H,7-10,12,16H2,1-4H3. The predicted octanol–water partition coefficient (Wildman–Crippen LogP) is 3.73. The molecule has 1 saturated heterocycles. The number of aryl methyl sites for hydroxylation is 1. The van der Waals surface area contributed by atoms with Crippen LogP contribution in [-0.4, -0.2) is 51.4 Å². The van der Waals surface area contributed by atoms with Crippen molar-refractivity contribution in [1.82, 2.24) is 14.5 Å². The molecule has 0 aliphatic carbocycles. The first-order valence-corrected chi connectivity index (χ1v) is 12.3. The van der Waals surface area contributed by atoms with Gasteiger partial charge in [0.2, 0.25) is 5.91 Å². The molecule has 8 heteroatoms. The number of amides is 1. The van der Waals surface area contributed by atoms with Gasteiger partial charge in [-0.1, -0.05) is 26.0 Å². The molecule has 4 rings (SSSR count). The number of Topliss-reactive ketones (excluding diaryl/α,β-unsaturated/α-hetero) is 1. The molecule has 0 spiro atoms. The number of fused-ring (bicyclic) bond motifs is 1. The minimum absolute atomic E-state index is 0.00687. The highest BCUT2D eigenvalue weighted by molar-refractivity contribution is 5.99. The number of hydrogen-bond acceptors (Lipinski definition) is 6. The van der Waals surface area contributed by atoms with Crippen molar-refractivity contribution in [3.05, 3.63) is 58.4 Å². The third kappa shape index (κ3) is 4.71. The molecule has 1 aromatic carbocycles. The lowest BCUT2D eigenvalue weighted by molar-refractivity contribution is -0.135. The lowest BCUT2D eigenvalue weighted by atomic mass is 9.88. The van der Waals surface area contributed by atoms with Crippen molar-refractivity contribution in [3.8, 4) is 11.8 Å². The molecule has 8 nitrogen and oxygen atoms in total. The number of aromatic nitrogens is 2. The summed E-state index contributed by atoms with van der Waals surface area (Å²) in [4.78, 5) is 32.2. The van der Waals surface area contributed by atoms with Crippen molar-refractivity contribution in [2.45, 2.75) is 45.6 Å². The van der Waals surface area contributed by atoms with Crippen LogP contribution in [0.3, 0.4) is 0 Å². The number of rotatable bonds is 7. The summed E-state index contributed by atoms with van der Waals surface area (Å²) < 4.78 is 7.84. The zero-order chi connectivity index (χ0) is 26.0. The summed E-state index contributed by atoms with van der Waals surface area (Å²) in [5, 5.41) is 19.7. The van der Waals surface area contributed by atoms with Gasteiger partial charge in [-0.2, -0.15) is 5.26 Å². The van der Waals surface area contributed by atoms with Crippen LogP contribution in [0.25, 0.3) is 11.0 Å². The fourth-order valence-electron chi connectivity index (χ4n) is 5.10. The van der Waals surface area contributed by atoms with Gasteiger partial charge in [-0.05, 0) is 36.0 Å². The van der Waals surface area contributed by atoms with E-state index in [1.165, 1.54) is 6.07 Å². The Kier molecular flexibility index (Phi) is 7.41. The summed E-state index contributed by atoms with van der Waals surface area (Å²) in [5.41, 5.74) is 3.78. The summed E-state index contributed by atoms with van der Waals surface area (Å²) in [6.07, 6.45) is 5.56. The van der Waals surface area contributed by atoms with Gasteiger partial charge in [0.05, 0.1) is 30.7 Å². The molecule has 2 aromatic heterocycles. The molecular formula is C28H32N4O4. The Labute approximate surface area is 211 Å². The molecule has 1 aliphatic heterocycles. The van der Waals surface area contributed by atoms with Crippen LogP contribution < -0.4 is 4.74 Å². The summed E-state index contributed by atoms with van der Waals surface area (Å²) >= 11 is 0. The zero-order valence-electron chi connectivity index (χ0n) is 21.2. The van der Waals surface area contributed by atoms with E-state index in [1.807, 2.05) is 36.4 Å². The van der Waals surface area contributed by atoms with E-state index in [9.17, 15) is 20.0 Å². The molecule has 1 amide bonds. The first-order chi connectivity index (χ1) is 17.3. The normalized spacial score (nSPS) is 14.3. The van der Waals surface area contributed by atoms with Crippen molar-refractivity contribution >= 4 is 22.7 Å². The fraction of sp³-hybridized carbons (Fsp3) is 0.429. The number of ether oxygens (including phenoxy) is 1. The minimum atomic E-state index is -0.257. The molecule has 0 unspecified atom stereocenters. The van der Waals surface area contributed by atoms with Crippen molar-refractivity contribution in [3.63, 3.8) is 0 Å². The smallest absolute Gasteiger partial charge is 0.225 e. The van der Waals surface area contributed by atoms with Gasteiger partial charge in [0.25, 0.3) is 0 Å². The number of aliphatic hydroxyl groups is 1. The molecule has 0 saturated carbocycles. The SMILES string of the molecule is COc1c(CC(=O)c2ccc(CO)c(C#N)c2)cnc2c1c(C1CCN(C(=O)C(C)C)CC1)cn2C. The number of carbonyl (C=O) groups excluding carboxylic acids is 2. The van der Waals surface area contributed by atoms with E-state index in [2.05, 4.69) is 11.2 Å². The molecule has 0 atom stereocenters. The second-order valence-electron chi connectivity index (χ2n) is 9.71. The van der Waals surface area contributed by atoms with Crippen LogP contribution in [0.15, 0.2) is 30.6 Å². The third-order valence-electron chi connectivity index (χ3n) is 7.06. The number of nitrogens with zero attached hydrogens (tertiary/aromatic N) is 4. The third-order valence-corrected chi connectivity index (χ3v) is 7.06. The average Bonchev–Trinajstić information content (AvgIpc) is 3.23. The number of benzene rings is 1. The number of pyridine rings is 1. The maximum Gasteiger partial charge on any atom is 0.225 e. The molecule has 1 aliphatic rings. The van der Waals surface area contributed by atoms with Crippen molar-refractivity contribution in [1.29, 1.82) is 5.26 Å². The molecular weight excluding hydrogens is 456 g/mol. The second-order valence-corrected chi connectivity index (χ2v) is 9.71. The topological polar surface area (TPSA) is 108 Å². The van der Waals surface area contributed by atoms with Crippen LogP contribution in [-0.2, 0) is 24.9 Å². The van der Waals surface area contributed by atoms with Crippen LogP contribution in [0.5, 0.6) is 5.75 Å². The second kappa shape index (κ2) is 10.5. The van der Waals surface area contributed by atoms with E-state index < -0.39 is 0 Å². The number of aliphatic hydroxyl groups excluding tert-OH is 1. The Morgan fingerprint density at radius 2 is 1.97 bits per heavy atom. The highest BCUT2D eigenvalue weighted by Crippen LogP contribution is 2.40. The number of ketones is 1. The van der Waals surface area contributed by atoms with Gasteiger partial charge in [0, 0.05) is 56.0 Å². The van der Waals surface area contributed by atoms with Crippen molar-refractivity contribution < 1.29 is 19.4 Å². The van der Waals surface area contributed by atoms with Gasteiger partial charge in [0.15, 0.2) is 5.78 Å². The maximum atomic E-state index is 13.1. The Morgan fingerprint density at radius 1 is 1.25 bits per heavy atom. The Bertz CT molecular complexity index is 1340. The van der Waals surface area contributed by atoms with E-state index in [-0.39, 0.29) is 42.1 Å². The van der Waals surface area contributed by atoms with Crippen LogP contribution in [0, 0.1) is 17.2 Å². The summed E-state index contributed by atoms with van der Waals surface area (Å²) in [5.74, 6) is 0.923. The predicted molar refractivity (Wildman–Crippen MR) is 136 cm³/mol. The van der Waals surface area contributed by atoms with Gasteiger partial charge < -0.3 is 19.3 Å². The van der Waals surface area contributed by atoms with Gasteiger partial charge in [-0.15, -0.1) is 0 Å². The zero-order valence-corrected chi connectivity index (χ0v) is 21.2. The van der Waals surface area contributed by atoms with Crippen LogP contribution in [0.4, 0.5) is 0 Å². The molecule has 1 N–H and O–H groups in total. The molecule has 0 bridgehead atoms. The number of nitriles is 1. The molecule has 188 valence electrons. The van der Waals surface area contributed by atoms with E-state index in [1.54, 1.807) is 25.4 Å². The van der Waals surface area contributed by atoms with Gasteiger partial charge in [-0.25, -0.2) is 4.98 Å². The number of methoxy groups -OCH3 is 1. The Balaban J connectivity index is 1.65. The Hall–Kier alpha value is -3.70. The van der Waals surface area contributed by atoms with E-state index in [0.717, 1.165) is 42.5 Å². The highest BCUT2D eigenvalue weighted by atomic mass is 16.5. The largest absolute Gasteiger partial charge is 0.496 e. The first-order valence-electron chi connectivity index (χ1n) is 12.3. The van der Waals surface area contributed by atoms with E-state index in [0.29, 0.717) is 22.4 Å². The van der Waals surface area contributed by atoms with Gasteiger partial charge in [0.1, 0.15) is 11.4 Å². The van der Waals surface area contributed by atoms with Crippen molar-refractivity contribution in [2.75, 3.05) is 20.2 Å². The van der Waals surface area contributed by atoms with Gasteiger partial charge >= 0.3 is 0 Å². The first kappa shape index (κ1) is 25.4. The Morgan fingerprint density at radius 3 is 2.58 bits per heavy atom. The average molecular weight is 489 g/mol. The number of likely N-dealkylation sites (tertiary alicyclic amines) is 1. The molecule has 1 fully saturated rings.